The van der Waals surface area contributed by atoms with Gasteiger partial charge in [-0.25, -0.2) is 0 Å². The van der Waals surface area contributed by atoms with Gasteiger partial charge in [-0.2, -0.15) is 0 Å². The van der Waals surface area contributed by atoms with Crippen molar-refractivity contribution in [1.82, 2.24) is 0 Å². The third-order valence-corrected chi connectivity index (χ3v) is 2.31. The lowest BCUT2D eigenvalue weighted by Crippen LogP contribution is -2.48. The molecule has 0 amide bonds. The number of nitro groups is 2. The second-order valence-corrected chi connectivity index (χ2v) is 3.26. The number of hydrogen-bond acceptors (Lipinski definition) is 5. The van der Waals surface area contributed by atoms with Gasteiger partial charge in [-0.3, -0.25) is 25.0 Å². The standard InChI is InChI=1S/C8H6N2O5S/c11-7(16)8(9(12)13,10(14)15)6-4-2-1-3-5-6/h1-5H,(H,11,16). The molecule has 0 heterocycles. The van der Waals surface area contributed by atoms with Gasteiger partial charge in [-0.05, 0) is 12.1 Å². The SMILES string of the molecule is O=C(S)C(c1ccccc1)([N+](=O)[O-])[N+](=O)[O-]. The summed E-state index contributed by atoms with van der Waals surface area (Å²) in [6.45, 7) is 0. The molecule has 1 aromatic carbocycles. The molecule has 7 nitrogen and oxygen atoms in total. The van der Waals surface area contributed by atoms with E-state index in [1.165, 1.54) is 18.2 Å². The van der Waals surface area contributed by atoms with Crippen molar-refractivity contribution in [3.8, 4) is 0 Å². The zero-order valence-electron chi connectivity index (χ0n) is 7.77. The fourth-order valence-electron chi connectivity index (χ4n) is 1.23. The average molecular weight is 242 g/mol. The maximum Gasteiger partial charge on any atom is 0.551 e. The van der Waals surface area contributed by atoms with Crippen molar-refractivity contribution >= 4 is 17.7 Å². The van der Waals surface area contributed by atoms with Crippen LogP contribution in [0.3, 0.4) is 0 Å². The molecule has 0 aliphatic heterocycles. The second kappa shape index (κ2) is 4.27. The molecule has 0 saturated carbocycles. The number of hydrogen-bond donors (Lipinski definition) is 1. The predicted molar refractivity (Wildman–Crippen MR) is 56.1 cm³/mol. The van der Waals surface area contributed by atoms with E-state index in [1.807, 2.05) is 0 Å². The van der Waals surface area contributed by atoms with E-state index in [4.69, 9.17) is 0 Å². The molecular formula is C8H6N2O5S. The molecule has 0 spiro atoms. The number of carbonyl (C=O) groups excluding carboxylic acids is 1. The van der Waals surface area contributed by atoms with E-state index in [2.05, 4.69) is 12.6 Å². The minimum absolute atomic E-state index is 0.329. The van der Waals surface area contributed by atoms with E-state index >= 15 is 0 Å². The lowest BCUT2D eigenvalue weighted by atomic mass is 10.0. The normalized spacial score (nSPS) is 10.8. The van der Waals surface area contributed by atoms with Crippen LogP contribution < -0.4 is 0 Å². The van der Waals surface area contributed by atoms with Crippen molar-refractivity contribution in [2.24, 2.45) is 0 Å². The molecule has 84 valence electrons. The summed E-state index contributed by atoms with van der Waals surface area (Å²) in [7, 11) is 0. The highest BCUT2D eigenvalue weighted by Gasteiger charge is 2.64. The van der Waals surface area contributed by atoms with Crippen molar-refractivity contribution in [2.45, 2.75) is 5.66 Å². The minimum atomic E-state index is -3.04. The van der Waals surface area contributed by atoms with Gasteiger partial charge >= 0.3 is 10.8 Å². The van der Waals surface area contributed by atoms with Gasteiger partial charge in [0.05, 0.1) is 0 Å². The molecule has 0 saturated heterocycles. The van der Waals surface area contributed by atoms with E-state index in [0.29, 0.717) is 0 Å². The largest absolute Gasteiger partial charge is 0.551 e. The first kappa shape index (κ1) is 12.1. The van der Waals surface area contributed by atoms with Gasteiger partial charge in [0.1, 0.15) is 15.4 Å². The highest BCUT2D eigenvalue weighted by molar-refractivity contribution is 7.96. The molecule has 0 aliphatic rings. The lowest BCUT2D eigenvalue weighted by Gasteiger charge is -2.13. The second-order valence-electron chi connectivity index (χ2n) is 2.86. The first-order valence-corrected chi connectivity index (χ1v) is 4.46. The van der Waals surface area contributed by atoms with Crippen LogP contribution in [-0.4, -0.2) is 15.0 Å². The van der Waals surface area contributed by atoms with Crippen LogP contribution in [0.4, 0.5) is 0 Å². The van der Waals surface area contributed by atoms with Crippen molar-refractivity contribution in [3.05, 3.63) is 56.1 Å². The third kappa shape index (κ3) is 1.63. The fourth-order valence-corrected chi connectivity index (χ4v) is 1.52. The summed E-state index contributed by atoms with van der Waals surface area (Å²) in [5.74, 6) is 0. The quantitative estimate of drug-likeness (QED) is 0.365. The minimum Gasteiger partial charge on any atom is -0.270 e. The van der Waals surface area contributed by atoms with E-state index < -0.39 is 20.6 Å². The van der Waals surface area contributed by atoms with E-state index in [1.54, 1.807) is 0 Å². The van der Waals surface area contributed by atoms with Crippen LogP contribution in [0.5, 0.6) is 0 Å². The third-order valence-electron chi connectivity index (χ3n) is 2.00. The Morgan fingerprint density at radius 2 is 1.56 bits per heavy atom. The molecule has 16 heavy (non-hydrogen) atoms. The molecular weight excluding hydrogens is 236 g/mol. The molecule has 0 bridgehead atoms. The number of thiol groups is 1. The van der Waals surface area contributed by atoms with Crippen LogP contribution >= 0.6 is 12.6 Å². The van der Waals surface area contributed by atoms with Crippen LogP contribution in [0.15, 0.2) is 30.3 Å². The molecule has 0 atom stereocenters. The average Bonchev–Trinajstić information content (AvgIpc) is 2.18. The molecule has 0 unspecified atom stereocenters. The Morgan fingerprint density at radius 1 is 1.12 bits per heavy atom. The molecule has 8 heteroatoms. The van der Waals surface area contributed by atoms with Gasteiger partial charge in [-0.15, -0.1) is 0 Å². The molecule has 1 rings (SSSR count). The summed E-state index contributed by atoms with van der Waals surface area (Å²) in [6, 6.07) is 6.54. The summed E-state index contributed by atoms with van der Waals surface area (Å²) in [4.78, 5) is 30.2. The van der Waals surface area contributed by atoms with Crippen molar-refractivity contribution in [3.63, 3.8) is 0 Å². The summed E-state index contributed by atoms with van der Waals surface area (Å²) < 4.78 is 0. The van der Waals surface area contributed by atoms with Gasteiger partial charge in [0, 0.05) is 0 Å². The van der Waals surface area contributed by atoms with Crippen LogP contribution in [0, 0.1) is 20.2 Å². The van der Waals surface area contributed by atoms with Gasteiger partial charge in [-0.1, -0.05) is 30.8 Å². The number of benzene rings is 1. The molecule has 0 radical (unpaired) electrons. The van der Waals surface area contributed by atoms with Gasteiger partial charge in [0.25, 0.3) is 0 Å². The lowest BCUT2D eigenvalue weighted by molar-refractivity contribution is -0.786. The van der Waals surface area contributed by atoms with Gasteiger partial charge in [0.15, 0.2) is 0 Å². The first-order valence-electron chi connectivity index (χ1n) is 4.02. The van der Waals surface area contributed by atoms with E-state index in [9.17, 15) is 25.0 Å². The van der Waals surface area contributed by atoms with E-state index in [-0.39, 0.29) is 5.56 Å². The topological polar surface area (TPSA) is 103 Å². The maximum absolute atomic E-state index is 11.1. The Morgan fingerprint density at radius 3 is 1.88 bits per heavy atom. The fraction of sp³-hybridized carbons (Fsp3) is 0.125. The summed E-state index contributed by atoms with van der Waals surface area (Å²) in [6.07, 6.45) is 0. The molecule has 0 fully saturated rings. The van der Waals surface area contributed by atoms with E-state index in [0.717, 1.165) is 12.1 Å². The monoisotopic (exact) mass is 242 g/mol. The van der Waals surface area contributed by atoms with Gasteiger partial charge < -0.3 is 0 Å². The number of rotatable bonds is 4. The number of carbonyl (C=O) groups is 1. The van der Waals surface area contributed by atoms with Crippen LogP contribution in [-0.2, 0) is 10.5 Å². The summed E-state index contributed by atoms with van der Waals surface area (Å²) in [5.41, 5.74) is -3.37. The Labute approximate surface area is 94.8 Å². The zero-order chi connectivity index (χ0) is 12.3. The van der Waals surface area contributed by atoms with Crippen LogP contribution in [0.2, 0.25) is 0 Å². The molecule has 0 aromatic heterocycles. The highest BCUT2D eigenvalue weighted by atomic mass is 32.1. The zero-order valence-corrected chi connectivity index (χ0v) is 8.66. The van der Waals surface area contributed by atoms with Gasteiger partial charge in [0.2, 0.25) is 0 Å². The van der Waals surface area contributed by atoms with Crippen molar-refractivity contribution in [2.75, 3.05) is 0 Å². The first-order chi connectivity index (χ1) is 7.44. The van der Waals surface area contributed by atoms with Crippen molar-refractivity contribution in [1.29, 1.82) is 0 Å². The van der Waals surface area contributed by atoms with Crippen LogP contribution in [0.25, 0.3) is 0 Å². The maximum atomic E-state index is 11.1. The smallest absolute Gasteiger partial charge is 0.270 e. The Bertz CT molecular complexity index is 411. The summed E-state index contributed by atoms with van der Waals surface area (Å²) >= 11 is 3.25. The predicted octanol–water partition coefficient (Wildman–Crippen LogP) is 0.849. The molecule has 0 aliphatic carbocycles. The Hall–Kier alpha value is -1.96. The van der Waals surface area contributed by atoms with Crippen molar-refractivity contribution < 1.29 is 14.6 Å². The van der Waals surface area contributed by atoms with Crippen LogP contribution in [0.1, 0.15) is 5.56 Å². The Kier molecular flexibility index (Phi) is 3.23. The molecule has 0 N–H and O–H groups in total. The molecule has 1 aromatic rings. The number of nitrogens with zero attached hydrogens (tertiary/aromatic N) is 2. The highest BCUT2D eigenvalue weighted by Crippen LogP contribution is 2.28. The summed E-state index contributed by atoms with van der Waals surface area (Å²) in [5, 5.41) is 20.2. The Balaban J connectivity index is 3.52.